The van der Waals surface area contributed by atoms with Crippen LogP contribution in [0.25, 0.3) is 0 Å². The second kappa shape index (κ2) is 4.02. The highest BCUT2D eigenvalue weighted by molar-refractivity contribution is 7.80. The van der Waals surface area contributed by atoms with Crippen LogP contribution in [-0.4, -0.2) is 5.25 Å². The Labute approximate surface area is 57.4 Å². The van der Waals surface area contributed by atoms with Gasteiger partial charge >= 0.3 is 0 Å². The molecule has 0 bridgehead atoms. The van der Waals surface area contributed by atoms with Crippen LogP contribution in [0.3, 0.4) is 0 Å². The molecule has 0 saturated carbocycles. The van der Waals surface area contributed by atoms with Crippen molar-refractivity contribution in [2.24, 2.45) is 0 Å². The van der Waals surface area contributed by atoms with Crippen molar-refractivity contribution in [3.8, 4) is 0 Å². The lowest BCUT2D eigenvalue weighted by atomic mass is 10.2. The second-order valence-electron chi connectivity index (χ2n) is 2.19. The Kier molecular flexibility index (Phi) is 4.06. The zero-order chi connectivity index (χ0) is 6.57. The van der Waals surface area contributed by atoms with Gasteiger partial charge in [0.25, 0.3) is 0 Å². The minimum absolute atomic E-state index is 0.506. The fraction of sp³-hybridized carbons (Fsp3) is 0.714. The van der Waals surface area contributed by atoms with Crippen molar-refractivity contribution < 1.29 is 0 Å². The highest BCUT2D eigenvalue weighted by Gasteiger charge is 1.92. The molecule has 1 atom stereocenters. The van der Waals surface area contributed by atoms with Gasteiger partial charge < -0.3 is 0 Å². The standard InChI is InChI=1S/C7H14S/c1-4-6(2)5-7(3)8/h4,7-8H,5H2,1-3H3/b6-4-. The molecule has 0 radical (unpaired) electrons. The summed E-state index contributed by atoms with van der Waals surface area (Å²) in [4.78, 5) is 0. The molecule has 0 fully saturated rings. The monoisotopic (exact) mass is 130 g/mol. The number of hydrogen-bond acceptors (Lipinski definition) is 1. The van der Waals surface area contributed by atoms with E-state index in [0.29, 0.717) is 5.25 Å². The molecule has 0 aliphatic rings. The van der Waals surface area contributed by atoms with Crippen molar-refractivity contribution in [1.29, 1.82) is 0 Å². The minimum atomic E-state index is 0.506. The first-order chi connectivity index (χ1) is 3.66. The Morgan fingerprint density at radius 3 is 2.38 bits per heavy atom. The van der Waals surface area contributed by atoms with Gasteiger partial charge in [-0.1, -0.05) is 18.6 Å². The van der Waals surface area contributed by atoms with E-state index < -0.39 is 0 Å². The summed E-state index contributed by atoms with van der Waals surface area (Å²) in [5.41, 5.74) is 1.42. The molecule has 1 heteroatoms. The summed E-state index contributed by atoms with van der Waals surface area (Å²) in [5.74, 6) is 0. The number of thiol groups is 1. The van der Waals surface area contributed by atoms with Crippen LogP contribution >= 0.6 is 12.6 Å². The highest BCUT2D eigenvalue weighted by Crippen LogP contribution is 2.07. The number of allylic oxidation sites excluding steroid dienone is 2. The van der Waals surface area contributed by atoms with Gasteiger partial charge in [-0.05, 0) is 20.3 Å². The molecule has 0 aliphatic heterocycles. The quantitative estimate of drug-likeness (QED) is 0.431. The van der Waals surface area contributed by atoms with Crippen molar-refractivity contribution in [3.05, 3.63) is 11.6 Å². The molecule has 0 aromatic carbocycles. The molecule has 0 amide bonds. The van der Waals surface area contributed by atoms with Crippen molar-refractivity contribution >= 4 is 12.6 Å². The summed E-state index contributed by atoms with van der Waals surface area (Å²) in [5, 5.41) is 0.506. The minimum Gasteiger partial charge on any atom is -0.176 e. The summed E-state index contributed by atoms with van der Waals surface area (Å²) in [6.07, 6.45) is 3.24. The van der Waals surface area contributed by atoms with Crippen molar-refractivity contribution in [3.63, 3.8) is 0 Å². The molecule has 8 heavy (non-hydrogen) atoms. The summed E-state index contributed by atoms with van der Waals surface area (Å²) >= 11 is 4.25. The average molecular weight is 130 g/mol. The third-order valence-corrected chi connectivity index (χ3v) is 1.29. The van der Waals surface area contributed by atoms with E-state index in [0.717, 1.165) is 6.42 Å². The van der Waals surface area contributed by atoms with E-state index in [1.54, 1.807) is 0 Å². The molecule has 0 rings (SSSR count). The van der Waals surface area contributed by atoms with Gasteiger partial charge in [-0.2, -0.15) is 12.6 Å². The summed E-state index contributed by atoms with van der Waals surface area (Å²) in [6.45, 7) is 6.30. The van der Waals surface area contributed by atoms with Crippen molar-refractivity contribution in [2.75, 3.05) is 0 Å². The van der Waals surface area contributed by atoms with E-state index >= 15 is 0 Å². The lowest BCUT2D eigenvalue weighted by Crippen LogP contribution is -1.90. The van der Waals surface area contributed by atoms with Gasteiger partial charge in [-0.15, -0.1) is 0 Å². The predicted octanol–water partition coefficient (Wildman–Crippen LogP) is 2.66. The number of hydrogen-bond donors (Lipinski definition) is 1. The van der Waals surface area contributed by atoms with Gasteiger partial charge in [0.1, 0.15) is 0 Å². The fourth-order valence-electron chi connectivity index (χ4n) is 0.584. The van der Waals surface area contributed by atoms with Crippen LogP contribution in [0.2, 0.25) is 0 Å². The lowest BCUT2D eigenvalue weighted by Gasteiger charge is -2.01. The molecule has 0 spiro atoms. The fourth-order valence-corrected chi connectivity index (χ4v) is 0.872. The molecule has 0 aliphatic carbocycles. The zero-order valence-electron chi connectivity index (χ0n) is 5.81. The van der Waals surface area contributed by atoms with Gasteiger partial charge in [0.2, 0.25) is 0 Å². The van der Waals surface area contributed by atoms with Crippen molar-refractivity contribution in [2.45, 2.75) is 32.4 Å². The van der Waals surface area contributed by atoms with Gasteiger partial charge in [-0.3, -0.25) is 0 Å². The van der Waals surface area contributed by atoms with Crippen LogP contribution in [0, 0.1) is 0 Å². The maximum absolute atomic E-state index is 4.25. The second-order valence-corrected chi connectivity index (χ2v) is 3.07. The molecule has 0 saturated heterocycles. The molecule has 0 nitrogen and oxygen atoms in total. The molecular formula is C7H14S. The highest BCUT2D eigenvalue weighted by atomic mass is 32.1. The molecule has 0 aromatic heterocycles. The first-order valence-electron chi connectivity index (χ1n) is 2.96. The van der Waals surface area contributed by atoms with E-state index in [-0.39, 0.29) is 0 Å². The van der Waals surface area contributed by atoms with Crippen molar-refractivity contribution in [1.82, 2.24) is 0 Å². The number of rotatable bonds is 2. The Hall–Kier alpha value is 0.0900. The van der Waals surface area contributed by atoms with Gasteiger partial charge in [0, 0.05) is 5.25 Å². The van der Waals surface area contributed by atoms with E-state index in [9.17, 15) is 0 Å². The normalized spacial score (nSPS) is 16.2. The Bertz CT molecular complexity index is 82.4. The van der Waals surface area contributed by atoms with Gasteiger partial charge in [0.05, 0.1) is 0 Å². The van der Waals surface area contributed by atoms with Gasteiger partial charge in [-0.25, -0.2) is 0 Å². The molecule has 0 aromatic rings. The molecule has 0 N–H and O–H groups in total. The Balaban J connectivity index is 3.39. The first kappa shape index (κ1) is 8.09. The van der Waals surface area contributed by atoms with E-state index in [1.807, 2.05) is 0 Å². The Morgan fingerprint density at radius 1 is 1.75 bits per heavy atom. The topological polar surface area (TPSA) is 0 Å². The average Bonchev–Trinajstić information content (AvgIpc) is 1.65. The van der Waals surface area contributed by atoms with Crippen LogP contribution in [0.4, 0.5) is 0 Å². The summed E-state index contributed by atoms with van der Waals surface area (Å²) in [7, 11) is 0. The van der Waals surface area contributed by atoms with Crippen LogP contribution in [0.1, 0.15) is 27.2 Å². The maximum Gasteiger partial charge on any atom is 0.00255 e. The predicted molar refractivity (Wildman–Crippen MR) is 42.5 cm³/mol. The summed E-state index contributed by atoms with van der Waals surface area (Å²) in [6, 6.07) is 0. The van der Waals surface area contributed by atoms with E-state index in [2.05, 4.69) is 39.5 Å². The summed E-state index contributed by atoms with van der Waals surface area (Å²) < 4.78 is 0. The van der Waals surface area contributed by atoms with Crippen LogP contribution in [0.15, 0.2) is 11.6 Å². The maximum atomic E-state index is 4.25. The SMILES string of the molecule is C/C=C(/C)CC(C)S. The smallest absolute Gasteiger partial charge is 0.00255 e. The Morgan fingerprint density at radius 2 is 2.25 bits per heavy atom. The van der Waals surface area contributed by atoms with E-state index in [4.69, 9.17) is 0 Å². The van der Waals surface area contributed by atoms with Gasteiger partial charge in [0.15, 0.2) is 0 Å². The largest absolute Gasteiger partial charge is 0.176 e. The molecule has 48 valence electrons. The molecule has 1 unspecified atom stereocenters. The molecule has 0 heterocycles. The van der Waals surface area contributed by atoms with Crippen LogP contribution in [-0.2, 0) is 0 Å². The third-order valence-electron chi connectivity index (χ3n) is 1.11. The third kappa shape index (κ3) is 4.25. The van der Waals surface area contributed by atoms with E-state index in [1.165, 1.54) is 5.57 Å². The van der Waals surface area contributed by atoms with Crippen LogP contribution in [0.5, 0.6) is 0 Å². The molecular weight excluding hydrogens is 116 g/mol. The lowest BCUT2D eigenvalue weighted by molar-refractivity contribution is 0.930. The first-order valence-corrected chi connectivity index (χ1v) is 3.48. The zero-order valence-corrected chi connectivity index (χ0v) is 6.70. The van der Waals surface area contributed by atoms with Crippen LogP contribution < -0.4 is 0 Å².